The second kappa shape index (κ2) is 4.96. The molecule has 0 aliphatic rings. The highest BCUT2D eigenvalue weighted by Gasteiger charge is 2.32. The van der Waals surface area contributed by atoms with Crippen molar-refractivity contribution in [2.75, 3.05) is 11.5 Å². The number of hydrogen-bond donors (Lipinski definition) is 2. The second-order valence-electron chi connectivity index (χ2n) is 4.36. The van der Waals surface area contributed by atoms with Crippen LogP contribution >= 0.6 is 0 Å². The second-order valence-corrected chi connectivity index (χ2v) is 6.31. The molecule has 0 atom stereocenters. The van der Waals surface area contributed by atoms with Crippen LogP contribution in [0.15, 0.2) is 52.3 Å². The van der Waals surface area contributed by atoms with Crippen molar-refractivity contribution in [2.45, 2.75) is 16.0 Å². The topological polar surface area (TPSA) is 86.2 Å². The quantitative estimate of drug-likeness (QED) is 0.834. The molecule has 112 valence electrons. The van der Waals surface area contributed by atoms with Gasteiger partial charge in [0.1, 0.15) is 0 Å². The minimum atomic E-state index is -4.68. The number of nitrogen functional groups attached to an aromatic ring is 2. The molecule has 2 aromatic carbocycles. The first kappa shape index (κ1) is 15.2. The first-order chi connectivity index (χ1) is 9.60. The lowest BCUT2D eigenvalue weighted by Gasteiger charge is -2.11. The van der Waals surface area contributed by atoms with E-state index in [9.17, 15) is 21.6 Å². The summed E-state index contributed by atoms with van der Waals surface area (Å²) in [4.78, 5) is -0.671. The van der Waals surface area contributed by atoms with Crippen molar-refractivity contribution < 1.29 is 21.6 Å². The molecule has 0 fully saturated rings. The molecule has 2 rings (SSSR count). The summed E-state index contributed by atoms with van der Waals surface area (Å²) in [5.74, 6) is 0. The van der Waals surface area contributed by atoms with Crippen LogP contribution in [-0.2, 0) is 16.0 Å². The van der Waals surface area contributed by atoms with Crippen molar-refractivity contribution >= 4 is 21.2 Å². The van der Waals surface area contributed by atoms with Crippen LogP contribution in [0.3, 0.4) is 0 Å². The van der Waals surface area contributed by atoms with Crippen LogP contribution in [0.4, 0.5) is 24.5 Å². The molecule has 0 aliphatic heterocycles. The van der Waals surface area contributed by atoms with E-state index in [-0.39, 0.29) is 10.6 Å². The first-order valence-electron chi connectivity index (χ1n) is 5.69. The van der Waals surface area contributed by atoms with E-state index >= 15 is 0 Å². The number of anilines is 2. The van der Waals surface area contributed by atoms with E-state index in [4.69, 9.17) is 11.5 Å². The summed E-state index contributed by atoms with van der Waals surface area (Å²) < 4.78 is 62.8. The van der Waals surface area contributed by atoms with Crippen LogP contribution in [0.25, 0.3) is 0 Å². The molecular weight excluding hydrogens is 305 g/mol. The normalized spacial score (nSPS) is 12.3. The summed E-state index contributed by atoms with van der Waals surface area (Å²) in [6, 6.07) is 7.38. The number of sulfone groups is 1. The summed E-state index contributed by atoms with van der Waals surface area (Å²) in [6.45, 7) is 0. The lowest BCUT2D eigenvalue weighted by molar-refractivity contribution is -0.137. The van der Waals surface area contributed by atoms with Gasteiger partial charge in [-0.25, -0.2) is 8.42 Å². The molecule has 0 saturated carbocycles. The summed E-state index contributed by atoms with van der Waals surface area (Å²) >= 11 is 0. The van der Waals surface area contributed by atoms with E-state index in [0.29, 0.717) is 17.8 Å². The van der Waals surface area contributed by atoms with Gasteiger partial charge in [0.15, 0.2) is 0 Å². The Bertz CT molecular complexity index is 769. The minimum absolute atomic E-state index is 0.157. The zero-order valence-electron chi connectivity index (χ0n) is 10.6. The number of rotatable bonds is 2. The summed E-state index contributed by atoms with van der Waals surface area (Å²) in [5.41, 5.74) is 9.77. The SMILES string of the molecule is Nc1ccc(S(=O)(=O)c2cc(N)cc(C(F)(F)F)c2)cc1. The maximum absolute atomic E-state index is 12.7. The van der Waals surface area contributed by atoms with Crippen LogP contribution < -0.4 is 11.5 Å². The van der Waals surface area contributed by atoms with Gasteiger partial charge in [-0.05, 0) is 42.5 Å². The molecule has 0 spiro atoms. The van der Waals surface area contributed by atoms with Crippen molar-refractivity contribution in [3.05, 3.63) is 48.0 Å². The monoisotopic (exact) mass is 316 g/mol. The third-order valence-electron chi connectivity index (χ3n) is 2.76. The molecule has 0 heterocycles. The van der Waals surface area contributed by atoms with Crippen LogP contribution in [0.5, 0.6) is 0 Å². The van der Waals surface area contributed by atoms with Crippen molar-refractivity contribution in [1.29, 1.82) is 0 Å². The molecule has 4 nitrogen and oxygen atoms in total. The third-order valence-corrected chi connectivity index (χ3v) is 4.51. The highest BCUT2D eigenvalue weighted by molar-refractivity contribution is 7.91. The molecule has 0 amide bonds. The van der Waals surface area contributed by atoms with Crippen molar-refractivity contribution in [2.24, 2.45) is 0 Å². The Kier molecular flexibility index (Phi) is 3.58. The van der Waals surface area contributed by atoms with Gasteiger partial charge in [0, 0.05) is 11.4 Å². The summed E-state index contributed by atoms with van der Waals surface area (Å²) in [7, 11) is -4.10. The molecular formula is C13H11F3N2O2S. The zero-order valence-corrected chi connectivity index (χ0v) is 11.4. The number of halogens is 3. The average molecular weight is 316 g/mol. The fourth-order valence-corrected chi connectivity index (χ4v) is 3.06. The smallest absolute Gasteiger partial charge is 0.399 e. The Balaban J connectivity index is 2.60. The predicted molar refractivity (Wildman–Crippen MR) is 72.2 cm³/mol. The van der Waals surface area contributed by atoms with Gasteiger partial charge in [0.2, 0.25) is 9.84 Å². The predicted octanol–water partition coefficient (Wildman–Crippen LogP) is 2.70. The van der Waals surface area contributed by atoms with Gasteiger partial charge in [0.05, 0.1) is 15.4 Å². The molecule has 21 heavy (non-hydrogen) atoms. The molecule has 8 heteroatoms. The fourth-order valence-electron chi connectivity index (χ4n) is 1.72. The summed E-state index contributed by atoms with van der Waals surface area (Å²) in [5, 5.41) is 0. The van der Waals surface area contributed by atoms with Crippen LogP contribution in [-0.4, -0.2) is 8.42 Å². The van der Waals surface area contributed by atoms with Crippen molar-refractivity contribution in [3.8, 4) is 0 Å². The van der Waals surface area contributed by atoms with E-state index in [1.54, 1.807) is 0 Å². The Labute approximate surface area is 119 Å². The maximum Gasteiger partial charge on any atom is 0.416 e. The molecule has 4 N–H and O–H groups in total. The highest BCUT2D eigenvalue weighted by Crippen LogP contribution is 2.33. The standard InChI is InChI=1S/C13H11F3N2O2S/c14-13(15,16)8-5-10(18)7-12(6-8)21(19,20)11-3-1-9(17)2-4-11/h1-7H,17-18H2. The van der Waals surface area contributed by atoms with E-state index in [0.717, 1.165) is 6.07 Å². The van der Waals surface area contributed by atoms with E-state index in [1.807, 2.05) is 0 Å². The van der Waals surface area contributed by atoms with E-state index in [1.165, 1.54) is 24.3 Å². The Morgan fingerprint density at radius 1 is 0.810 bits per heavy atom. The lowest BCUT2D eigenvalue weighted by Crippen LogP contribution is -2.09. The van der Waals surface area contributed by atoms with Gasteiger partial charge in [-0.1, -0.05) is 0 Å². The van der Waals surface area contributed by atoms with Gasteiger partial charge in [-0.2, -0.15) is 13.2 Å². The van der Waals surface area contributed by atoms with Crippen LogP contribution in [0.2, 0.25) is 0 Å². The molecule has 0 aliphatic carbocycles. The first-order valence-corrected chi connectivity index (χ1v) is 7.17. The van der Waals surface area contributed by atoms with E-state index < -0.39 is 26.5 Å². The number of benzene rings is 2. The number of alkyl halides is 3. The molecule has 0 radical (unpaired) electrons. The minimum Gasteiger partial charge on any atom is -0.399 e. The molecule has 0 aromatic heterocycles. The molecule has 0 bridgehead atoms. The maximum atomic E-state index is 12.7. The molecule has 0 unspecified atom stereocenters. The van der Waals surface area contributed by atoms with Gasteiger partial charge in [-0.15, -0.1) is 0 Å². The van der Waals surface area contributed by atoms with Crippen LogP contribution in [0.1, 0.15) is 5.56 Å². The molecule has 0 saturated heterocycles. The van der Waals surface area contributed by atoms with Crippen molar-refractivity contribution in [3.63, 3.8) is 0 Å². The van der Waals surface area contributed by atoms with Gasteiger partial charge >= 0.3 is 6.18 Å². The van der Waals surface area contributed by atoms with Crippen molar-refractivity contribution in [1.82, 2.24) is 0 Å². The van der Waals surface area contributed by atoms with E-state index in [2.05, 4.69) is 0 Å². The van der Waals surface area contributed by atoms with Gasteiger partial charge in [-0.3, -0.25) is 0 Å². The van der Waals surface area contributed by atoms with Crippen LogP contribution in [0, 0.1) is 0 Å². The largest absolute Gasteiger partial charge is 0.416 e. The van der Waals surface area contributed by atoms with Gasteiger partial charge in [0.25, 0.3) is 0 Å². The molecule has 2 aromatic rings. The fraction of sp³-hybridized carbons (Fsp3) is 0.0769. The summed E-state index contributed by atoms with van der Waals surface area (Å²) in [6.07, 6.45) is -4.68. The number of nitrogens with two attached hydrogens (primary N) is 2. The van der Waals surface area contributed by atoms with Gasteiger partial charge < -0.3 is 11.5 Å². The third kappa shape index (κ3) is 3.10. The lowest BCUT2D eigenvalue weighted by atomic mass is 10.2. The Hall–Kier alpha value is -2.22. The number of hydrogen-bond acceptors (Lipinski definition) is 4. The Morgan fingerprint density at radius 3 is 1.90 bits per heavy atom. The Morgan fingerprint density at radius 2 is 1.38 bits per heavy atom. The highest BCUT2D eigenvalue weighted by atomic mass is 32.2. The average Bonchev–Trinajstić information content (AvgIpc) is 2.37. The zero-order chi connectivity index (χ0) is 15.8.